The molecule has 1 aromatic carbocycles. The summed E-state index contributed by atoms with van der Waals surface area (Å²) in [4.78, 5) is 22.0. The third-order valence-corrected chi connectivity index (χ3v) is 2.39. The van der Waals surface area contributed by atoms with Gasteiger partial charge in [-0.2, -0.15) is 0 Å². The van der Waals surface area contributed by atoms with Crippen molar-refractivity contribution in [2.24, 2.45) is 5.73 Å². The van der Waals surface area contributed by atoms with E-state index >= 15 is 0 Å². The van der Waals surface area contributed by atoms with Crippen molar-refractivity contribution in [3.8, 4) is 17.2 Å². The van der Waals surface area contributed by atoms with E-state index in [1.807, 2.05) is 5.32 Å². The Hall–Kier alpha value is -2.90. The highest BCUT2D eigenvalue weighted by Crippen LogP contribution is 2.20. The number of imide groups is 1. The summed E-state index contributed by atoms with van der Waals surface area (Å²) in [7, 11) is 0. The number of amides is 3. The second-order valence-electron chi connectivity index (χ2n) is 3.88. The van der Waals surface area contributed by atoms with E-state index < -0.39 is 18.0 Å². The number of hydrogen-bond acceptors (Lipinski definition) is 6. The van der Waals surface area contributed by atoms with Crippen molar-refractivity contribution in [3.05, 3.63) is 30.7 Å². The highest BCUT2D eigenvalue weighted by molar-refractivity contribution is 5.95. The third kappa shape index (κ3) is 3.31. The van der Waals surface area contributed by atoms with Gasteiger partial charge in [-0.1, -0.05) is 0 Å². The van der Waals surface area contributed by atoms with Gasteiger partial charge < -0.3 is 14.9 Å². The van der Waals surface area contributed by atoms with Crippen LogP contribution in [0.4, 0.5) is 4.79 Å². The Bertz CT molecular complexity index is 594. The molecule has 0 radical (unpaired) electrons. The van der Waals surface area contributed by atoms with E-state index in [0.29, 0.717) is 11.6 Å². The Morgan fingerprint density at radius 3 is 2.60 bits per heavy atom. The zero-order valence-electron chi connectivity index (χ0n) is 10.6. The number of nitrogens with zero attached hydrogens (tertiary/aromatic N) is 2. The maximum atomic E-state index is 11.4. The topological polar surface area (TPSA) is 120 Å². The summed E-state index contributed by atoms with van der Waals surface area (Å²) < 4.78 is 10.4. The van der Waals surface area contributed by atoms with Gasteiger partial charge in [0.1, 0.15) is 5.75 Å². The van der Waals surface area contributed by atoms with Crippen LogP contribution in [0.25, 0.3) is 11.5 Å². The second-order valence-corrected chi connectivity index (χ2v) is 3.88. The molecule has 1 atom stereocenters. The summed E-state index contributed by atoms with van der Waals surface area (Å²) in [6.45, 7) is 1.50. The van der Waals surface area contributed by atoms with Gasteiger partial charge in [0.2, 0.25) is 12.3 Å². The van der Waals surface area contributed by atoms with Crippen LogP contribution < -0.4 is 15.8 Å². The lowest BCUT2D eigenvalue weighted by molar-refractivity contribution is -0.126. The summed E-state index contributed by atoms with van der Waals surface area (Å²) in [6.07, 6.45) is 0.382. The second kappa shape index (κ2) is 5.83. The fourth-order valence-corrected chi connectivity index (χ4v) is 1.46. The average molecular weight is 276 g/mol. The van der Waals surface area contributed by atoms with Crippen LogP contribution in [0, 0.1) is 0 Å². The molecule has 0 saturated carbocycles. The van der Waals surface area contributed by atoms with Crippen LogP contribution in [0.15, 0.2) is 35.1 Å². The number of ether oxygens (including phenoxy) is 1. The minimum Gasteiger partial charge on any atom is -0.481 e. The van der Waals surface area contributed by atoms with Crippen molar-refractivity contribution in [2.45, 2.75) is 13.0 Å². The van der Waals surface area contributed by atoms with Crippen LogP contribution in [0.1, 0.15) is 6.92 Å². The molecule has 0 bridgehead atoms. The van der Waals surface area contributed by atoms with Gasteiger partial charge in [-0.25, -0.2) is 4.79 Å². The molecule has 0 aliphatic carbocycles. The lowest BCUT2D eigenvalue weighted by Gasteiger charge is -2.13. The number of primary amides is 1. The number of nitrogens with one attached hydrogen (secondary N) is 1. The zero-order valence-corrected chi connectivity index (χ0v) is 10.6. The fourth-order valence-electron chi connectivity index (χ4n) is 1.46. The van der Waals surface area contributed by atoms with Crippen LogP contribution in [0.2, 0.25) is 0 Å². The minimum absolute atomic E-state index is 0.385. The summed E-state index contributed by atoms with van der Waals surface area (Å²) in [5.74, 6) is 0.231. The van der Waals surface area contributed by atoms with E-state index in [1.165, 1.54) is 13.3 Å². The Kier molecular flexibility index (Phi) is 3.94. The molecule has 2 rings (SSSR count). The summed E-state index contributed by atoms with van der Waals surface area (Å²) in [5.41, 5.74) is 5.57. The average Bonchev–Trinajstić information content (AvgIpc) is 2.92. The van der Waals surface area contributed by atoms with E-state index in [9.17, 15) is 9.59 Å². The predicted molar refractivity (Wildman–Crippen MR) is 67.6 cm³/mol. The molecule has 0 fully saturated rings. The summed E-state index contributed by atoms with van der Waals surface area (Å²) >= 11 is 0. The molecule has 0 spiro atoms. The van der Waals surface area contributed by atoms with Crippen molar-refractivity contribution >= 4 is 11.9 Å². The van der Waals surface area contributed by atoms with Gasteiger partial charge >= 0.3 is 6.03 Å². The van der Waals surface area contributed by atoms with Crippen molar-refractivity contribution in [3.63, 3.8) is 0 Å². The molecular formula is C12H12N4O4. The standard InChI is InChI=1S/C12H12N4O4/c1-7(10(17)15-12(13)18)20-9-4-2-8(3-5-9)11-16-14-6-19-11/h2-7H,1H3,(H3,13,15,17,18)/t7-/m1/s1. The number of carbonyl (C=O) groups is 2. The molecule has 3 amide bonds. The van der Waals surface area contributed by atoms with E-state index in [2.05, 4.69) is 10.2 Å². The quantitative estimate of drug-likeness (QED) is 0.847. The van der Waals surface area contributed by atoms with E-state index in [0.717, 1.165) is 5.56 Å². The Morgan fingerprint density at radius 1 is 1.35 bits per heavy atom. The molecule has 104 valence electrons. The van der Waals surface area contributed by atoms with Crippen molar-refractivity contribution < 1.29 is 18.7 Å². The molecule has 0 aliphatic heterocycles. The first-order valence-corrected chi connectivity index (χ1v) is 5.70. The van der Waals surface area contributed by atoms with E-state index in [4.69, 9.17) is 14.9 Å². The molecule has 2 aromatic rings. The molecule has 20 heavy (non-hydrogen) atoms. The molecule has 8 heteroatoms. The van der Waals surface area contributed by atoms with Gasteiger partial charge in [0.25, 0.3) is 5.91 Å². The van der Waals surface area contributed by atoms with Gasteiger partial charge in [0.05, 0.1) is 0 Å². The SMILES string of the molecule is C[C@@H](Oc1ccc(-c2nnco2)cc1)C(=O)NC(N)=O. The number of urea groups is 1. The van der Waals surface area contributed by atoms with Gasteiger partial charge in [-0.15, -0.1) is 10.2 Å². The van der Waals surface area contributed by atoms with Crippen LogP contribution in [0.3, 0.4) is 0 Å². The van der Waals surface area contributed by atoms with Gasteiger partial charge in [-0.05, 0) is 31.2 Å². The Balaban J connectivity index is 2.00. The molecule has 0 aliphatic rings. The van der Waals surface area contributed by atoms with Crippen molar-refractivity contribution in [1.82, 2.24) is 15.5 Å². The smallest absolute Gasteiger partial charge is 0.318 e. The summed E-state index contributed by atoms with van der Waals surface area (Å²) in [6, 6.07) is 5.79. The fraction of sp³-hybridized carbons (Fsp3) is 0.167. The Morgan fingerprint density at radius 2 is 2.05 bits per heavy atom. The normalized spacial score (nSPS) is 11.7. The maximum absolute atomic E-state index is 11.4. The number of benzene rings is 1. The number of aromatic nitrogens is 2. The van der Waals surface area contributed by atoms with Gasteiger partial charge in [0, 0.05) is 5.56 Å². The molecule has 1 aromatic heterocycles. The van der Waals surface area contributed by atoms with Gasteiger partial charge in [-0.3, -0.25) is 10.1 Å². The third-order valence-electron chi connectivity index (χ3n) is 2.39. The number of hydrogen-bond donors (Lipinski definition) is 2. The highest BCUT2D eigenvalue weighted by atomic mass is 16.5. The molecular weight excluding hydrogens is 264 g/mol. The highest BCUT2D eigenvalue weighted by Gasteiger charge is 2.16. The van der Waals surface area contributed by atoms with Crippen LogP contribution in [-0.4, -0.2) is 28.2 Å². The lowest BCUT2D eigenvalue weighted by atomic mass is 10.2. The maximum Gasteiger partial charge on any atom is 0.318 e. The van der Waals surface area contributed by atoms with E-state index in [-0.39, 0.29) is 0 Å². The number of carbonyl (C=O) groups excluding carboxylic acids is 2. The first kappa shape index (κ1) is 13.5. The first-order chi connectivity index (χ1) is 9.56. The Labute approximate surface area is 113 Å². The van der Waals surface area contributed by atoms with E-state index in [1.54, 1.807) is 24.3 Å². The number of rotatable bonds is 4. The zero-order chi connectivity index (χ0) is 14.5. The van der Waals surface area contributed by atoms with Crippen LogP contribution in [-0.2, 0) is 4.79 Å². The van der Waals surface area contributed by atoms with Crippen molar-refractivity contribution in [2.75, 3.05) is 0 Å². The molecule has 3 N–H and O–H groups in total. The predicted octanol–water partition coefficient (Wildman–Crippen LogP) is 0.699. The van der Waals surface area contributed by atoms with Crippen LogP contribution in [0.5, 0.6) is 5.75 Å². The molecule has 0 unspecified atom stereocenters. The van der Waals surface area contributed by atoms with Gasteiger partial charge in [0.15, 0.2) is 6.10 Å². The summed E-state index contributed by atoms with van der Waals surface area (Å²) in [5, 5.41) is 9.28. The largest absolute Gasteiger partial charge is 0.481 e. The molecule has 1 heterocycles. The number of nitrogens with two attached hydrogens (primary N) is 1. The molecule has 0 saturated heterocycles. The van der Waals surface area contributed by atoms with Crippen LogP contribution >= 0.6 is 0 Å². The first-order valence-electron chi connectivity index (χ1n) is 5.70. The minimum atomic E-state index is -0.919. The monoisotopic (exact) mass is 276 g/mol. The lowest BCUT2D eigenvalue weighted by Crippen LogP contribution is -2.42. The molecule has 8 nitrogen and oxygen atoms in total. The van der Waals surface area contributed by atoms with Crippen molar-refractivity contribution in [1.29, 1.82) is 0 Å².